The number of carbonyl (C=O) groups excluding carboxylic acids is 1. The van der Waals surface area contributed by atoms with Gasteiger partial charge in [-0.3, -0.25) is 4.79 Å². The minimum atomic E-state index is -0.950. The third-order valence-electron chi connectivity index (χ3n) is 2.93. The van der Waals surface area contributed by atoms with E-state index in [0.29, 0.717) is 13.2 Å². The normalized spacial score (nSPS) is 22.5. The number of nitrogens with zero attached hydrogens (tertiary/aromatic N) is 1. The Hall–Kier alpha value is -1.34. The molecule has 2 atom stereocenters. The Kier molecular flexibility index (Phi) is 6.04. The summed E-state index contributed by atoms with van der Waals surface area (Å²) in [6.45, 7) is 5.13. The zero-order chi connectivity index (χ0) is 14.4. The fourth-order valence-electron chi connectivity index (χ4n) is 1.74. The van der Waals surface area contributed by atoms with Gasteiger partial charge in [0.15, 0.2) is 0 Å². The van der Waals surface area contributed by atoms with E-state index in [0.717, 1.165) is 0 Å². The first-order chi connectivity index (χ1) is 8.91. The van der Waals surface area contributed by atoms with Gasteiger partial charge in [-0.1, -0.05) is 0 Å². The van der Waals surface area contributed by atoms with Crippen LogP contribution in [-0.4, -0.2) is 67.6 Å². The lowest BCUT2D eigenvalue weighted by molar-refractivity contribution is -0.142. The molecule has 1 aliphatic heterocycles. The van der Waals surface area contributed by atoms with Gasteiger partial charge in [0.25, 0.3) is 0 Å². The number of rotatable bonds is 6. The summed E-state index contributed by atoms with van der Waals surface area (Å²) in [6.07, 6.45) is 0.121. The summed E-state index contributed by atoms with van der Waals surface area (Å²) in [5.74, 6) is -1.63. The van der Waals surface area contributed by atoms with Crippen LogP contribution in [0.2, 0.25) is 0 Å². The van der Waals surface area contributed by atoms with E-state index in [2.05, 4.69) is 5.32 Å². The van der Waals surface area contributed by atoms with Crippen LogP contribution in [0, 0.1) is 5.92 Å². The Morgan fingerprint density at radius 3 is 2.74 bits per heavy atom. The number of carboxylic acid groups (broad SMARTS) is 1. The highest BCUT2D eigenvalue weighted by Crippen LogP contribution is 2.14. The number of carbonyl (C=O) groups is 2. The van der Waals surface area contributed by atoms with E-state index in [4.69, 9.17) is 14.6 Å². The molecule has 2 unspecified atom stereocenters. The Labute approximate surface area is 112 Å². The number of amides is 2. The van der Waals surface area contributed by atoms with Gasteiger partial charge in [-0.15, -0.1) is 0 Å². The van der Waals surface area contributed by atoms with Crippen molar-refractivity contribution in [1.82, 2.24) is 10.2 Å². The van der Waals surface area contributed by atoms with Crippen molar-refractivity contribution in [3.8, 4) is 0 Å². The van der Waals surface area contributed by atoms with E-state index >= 15 is 0 Å². The molecule has 2 amide bonds. The molecule has 0 aromatic rings. The summed E-state index contributed by atoms with van der Waals surface area (Å²) in [4.78, 5) is 24.3. The molecule has 1 aliphatic rings. The molecule has 0 spiro atoms. The molecule has 1 saturated heterocycles. The van der Waals surface area contributed by atoms with E-state index in [9.17, 15) is 9.59 Å². The maximum atomic E-state index is 11.9. The second-order valence-corrected chi connectivity index (χ2v) is 4.88. The van der Waals surface area contributed by atoms with Gasteiger partial charge in [0, 0.05) is 13.6 Å². The van der Waals surface area contributed by atoms with Crippen LogP contribution < -0.4 is 5.32 Å². The van der Waals surface area contributed by atoms with Crippen molar-refractivity contribution in [2.45, 2.75) is 26.0 Å². The first-order valence-electron chi connectivity index (χ1n) is 6.35. The summed E-state index contributed by atoms with van der Waals surface area (Å²) in [5.41, 5.74) is 0. The second kappa shape index (κ2) is 7.30. The lowest BCUT2D eigenvalue weighted by Gasteiger charge is -2.22. The molecule has 1 rings (SSSR count). The van der Waals surface area contributed by atoms with Gasteiger partial charge < -0.3 is 24.8 Å². The van der Waals surface area contributed by atoms with E-state index in [1.165, 1.54) is 4.90 Å². The fraction of sp³-hybridized carbons (Fsp3) is 0.833. The van der Waals surface area contributed by atoms with Crippen LogP contribution in [0.4, 0.5) is 4.79 Å². The van der Waals surface area contributed by atoms with E-state index < -0.39 is 17.9 Å². The first-order valence-corrected chi connectivity index (χ1v) is 6.35. The van der Waals surface area contributed by atoms with Crippen molar-refractivity contribution in [2.75, 3.05) is 33.4 Å². The van der Waals surface area contributed by atoms with Crippen LogP contribution in [0.5, 0.6) is 0 Å². The molecule has 0 aromatic heterocycles. The molecule has 0 saturated carbocycles. The van der Waals surface area contributed by atoms with Crippen LogP contribution in [0.1, 0.15) is 13.8 Å². The van der Waals surface area contributed by atoms with Gasteiger partial charge >= 0.3 is 12.0 Å². The zero-order valence-corrected chi connectivity index (χ0v) is 11.6. The molecule has 1 heterocycles. The highest BCUT2D eigenvalue weighted by atomic mass is 16.5. The molecule has 1 fully saturated rings. The lowest BCUT2D eigenvalue weighted by Crippen LogP contribution is -2.48. The Morgan fingerprint density at radius 2 is 2.16 bits per heavy atom. The summed E-state index contributed by atoms with van der Waals surface area (Å²) in [5, 5.41) is 11.6. The van der Waals surface area contributed by atoms with E-state index in [-0.39, 0.29) is 25.3 Å². The molecule has 7 nitrogen and oxygen atoms in total. The molecule has 7 heteroatoms. The maximum absolute atomic E-state index is 11.9. The van der Waals surface area contributed by atoms with Crippen molar-refractivity contribution < 1.29 is 24.2 Å². The van der Waals surface area contributed by atoms with E-state index in [1.807, 2.05) is 13.8 Å². The third-order valence-corrected chi connectivity index (χ3v) is 2.93. The minimum Gasteiger partial charge on any atom is -0.481 e. The van der Waals surface area contributed by atoms with Crippen LogP contribution in [-0.2, 0) is 14.3 Å². The summed E-state index contributed by atoms with van der Waals surface area (Å²) in [6, 6.07) is -0.785. The number of urea groups is 1. The molecule has 110 valence electrons. The van der Waals surface area contributed by atoms with Gasteiger partial charge in [0.1, 0.15) is 5.92 Å². The Bertz CT molecular complexity index is 321. The average Bonchev–Trinajstić information content (AvgIpc) is 2.76. The lowest BCUT2D eigenvalue weighted by atomic mass is 10.0. The molecular formula is C12H22N2O5. The van der Waals surface area contributed by atoms with Gasteiger partial charge in [-0.2, -0.15) is 0 Å². The third kappa shape index (κ3) is 5.04. The van der Waals surface area contributed by atoms with Crippen molar-refractivity contribution in [1.29, 1.82) is 0 Å². The number of hydrogen-bond donors (Lipinski definition) is 2. The highest BCUT2D eigenvalue weighted by Gasteiger charge is 2.35. The predicted molar refractivity (Wildman–Crippen MR) is 68.0 cm³/mol. The number of carboxylic acids is 1. The predicted octanol–water partition coefficient (Wildman–Crippen LogP) is 0.152. The van der Waals surface area contributed by atoms with Gasteiger partial charge in [0.2, 0.25) is 0 Å². The topological polar surface area (TPSA) is 88.1 Å². The molecule has 0 bridgehead atoms. The van der Waals surface area contributed by atoms with Gasteiger partial charge in [-0.05, 0) is 13.8 Å². The highest BCUT2D eigenvalue weighted by molar-refractivity contribution is 5.77. The van der Waals surface area contributed by atoms with Crippen LogP contribution in [0.25, 0.3) is 0 Å². The number of hydrogen-bond acceptors (Lipinski definition) is 4. The fourth-order valence-corrected chi connectivity index (χ4v) is 1.74. The molecule has 0 aromatic carbocycles. The number of ether oxygens (including phenoxy) is 2. The van der Waals surface area contributed by atoms with Crippen molar-refractivity contribution in [3.05, 3.63) is 0 Å². The summed E-state index contributed by atoms with van der Waals surface area (Å²) < 4.78 is 10.4. The number of aliphatic carboxylic acids is 1. The molecule has 2 N–H and O–H groups in total. The van der Waals surface area contributed by atoms with Crippen molar-refractivity contribution >= 4 is 12.0 Å². The zero-order valence-electron chi connectivity index (χ0n) is 11.6. The maximum Gasteiger partial charge on any atom is 0.317 e. The van der Waals surface area contributed by atoms with Gasteiger partial charge in [0.05, 0.1) is 32.0 Å². The Morgan fingerprint density at radius 1 is 1.47 bits per heavy atom. The quantitative estimate of drug-likeness (QED) is 0.720. The van der Waals surface area contributed by atoms with Crippen molar-refractivity contribution in [2.24, 2.45) is 5.92 Å². The molecular weight excluding hydrogens is 252 g/mol. The molecule has 0 aliphatic carbocycles. The summed E-state index contributed by atoms with van der Waals surface area (Å²) in [7, 11) is 1.64. The molecule has 0 radical (unpaired) electrons. The van der Waals surface area contributed by atoms with E-state index in [1.54, 1.807) is 7.05 Å². The van der Waals surface area contributed by atoms with Crippen LogP contribution in [0.3, 0.4) is 0 Å². The minimum absolute atomic E-state index is 0.121. The number of likely N-dealkylation sites (N-methyl/N-ethyl adjacent to an activating group) is 1. The van der Waals surface area contributed by atoms with Crippen molar-refractivity contribution in [3.63, 3.8) is 0 Å². The SMILES string of the molecule is CC(C)OCCN(C)C(=O)NC1COCC1C(=O)O. The largest absolute Gasteiger partial charge is 0.481 e. The van der Waals surface area contributed by atoms with Crippen LogP contribution in [0.15, 0.2) is 0 Å². The second-order valence-electron chi connectivity index (χ2n) is 4.88. The van der Waals surface area contributed by atoms with Gasteiger partial charge in [-0.25, -0.2) is 4.79 Å². The Balaban J connectivity index is 2.35. The number of nitrogens with one attached hydrogen (secondary N) is 1. The first kappa shape index (κ1) is 15.7. The smallest absolute Gasteiger partial charge is 0.317 e. The molecule has 19 heavy (non-hydrogen) atoms. The standard InChI is InChI=1S/C12H22N2O5/c1-8(2)19-5-4-14(3)12(17)13-10-7-18-6-9(10)11(15)16/h8-10H,4-7H2,1-3H3,(H,13,17)(H,15,16). The van der Waals surface area contributed by atoms with Crippen LogP contribution >= 0.6 is 0 Å². The monoisotopic (exact) mass is 274 g/mol. The summed E-state index contributed by atoms with van der Waals surface area (Å²) >= 11 is 0. The average molecular weight is 274 g/mol.